The molecule has 1 heterocycles. The summed E-state index contributed by atoms with van der Waals surface area (Å²) in [5.74, 6) is 6.33. The summed E-state index contributed by atoms with van der Waals surface area (Å²) in [6.45, 7) is 5.68. The van der Waals surface area contributed by atoms with Gasteiger partial charge in [0.25, 0.3) is 0 Å². The van der Waals surface area contributed by atoms with E-state index in [0.717, 1.165) is 16.9 Å². The molecule has 0 saturated carbocycles. The Morgan fingerprint density at radius 1 is 1.00 bits per heavy atom. The van der Waals surface area contributed by atoms with Gasteiger partial charge in [0, 0.05) is 6.07 Å². The van der Waals surface area contributed by atoms with E-state index in [0.29, 0.717) is 17.7 Å². The molecule has 2 N–H and O–H groups in total. The van der Waals surface area contributed by atoms with E-state index in [1.54, 1.807) is 38.4 Å². The molecule has 6 nitrogen and oxygen atoms in total. The number of aryl methyl sites for hydroxylation is 3. The van der Waals surface area contributed by atoms with Crippen molar-refractivity contribution in [2.24, 2.45) is 0 Å². The Kier molecular flexibility index (Phi) is 7.14. The topological polar surface area (TPSA) is 96.3 Å². The summed E-state index contributed by atoms with van der Waals surface area (Å²) < 4.78 is 39.5. The zero-order valence-electron chi connectivity index (χ0n) is 16.1. The number of aromatic nitrogens is 1. The van der Waals surface area contributed by atoms with E-state index < -0.39 is 10.1 Å². The van der Waals surface area contributed by atoms with Crippen molar-refractivity contribution in [1.29, 1.82) is 0 Å². The van der Waals surface area contributed by atoms with E-state index in [1.165, 1.54) is 4.68 Å². The van der Waals surface area contributed by atoms with E-state index in [-0.39, 0.29) is 4.90 Å². The molecule has 3 aromatic rings. The van der Waals surface area contributed by atoms with Gasteiger partial charge in [-0.2, -0.15) is 0 Å². The van der Waals surface area contributed by atoms with Gasteiger partial charge < -0.3 is 9.29 Å². The number of benzene rings is 2. The van der Waals surface area contributed by atoms with Gasteiger partial charge >= 0.3 is 0 Å². The highest BCUT2D eigenvalue weighted by molar-refractivity contribution is 7.85. The molecular weight excluding hydrogens is 376 g/mol. The number of hydrogen-bond donors (Lipinski definition) is 1. The van der Waals surface area contributed by atoms with Gasteiger partial charge in [0.1, 0.15) is 16.7 Å². The zero-order chi connectivity index (χ0) is 20.7. The molecule has 0 atom stereocenters. The van der Waals surface area contributed by atoms with Gasteiger partial charge in [-0.25, -0.2) is 14.3 Å². The average Bonchev–Trinajstić information content (AvgIpc) is 2.59. The average molecular weight is 401 g/mol. The van der Waals surface area contributed by atoms with Crippen molar-refractivity contribution in [2.45, 2.75) is 32.3 Å². The van der Waals surface area contributed by atoms with Gasteiger partial charge in [0.2, 0.25) is 6.20 Å². The van der Waals surface area contributed by atoms with Crippen LogP contribution in [0.3, 0.4) is 0 Å². The first-order valence-electron chi connectivity index (χ1n) is 8.63. The van der Waals surface area contributed by atoms with Gasteiger partial charge in [-0.05, 0) is 43.5 Å². The van der Waals surface area contributed by atoms with Crippen molar-refractivity contribution in [1.82, 2.24) is 0 Å². The van der Waals surface area contributed by atoms with Crippen molar-refractivity contribution in [3.8, 4) is 5.75 Å². The third-order valence-electron chi connectivity index (χ3n) is 3.90. The van der Waals surface area contributed by atoms with Gasteiger partial charge in [-0.15, -0.1) is 0 Å². The molecule has 0 amide bonds. The van der Waals surface area contributed by atoms with Gasteiger partial charge in [0.15, 0.2) is 11.9 Å². The fourth-order valence-electron chi connectivity index (χ4n) is 2.86. The molecule has 0 unspecified atom stereocenters. The summed E-state index contributed by atoms with van der Waals surface area (Å²) in [6, 6.07) is 17.1. The van der Waals surface area contributed by atoms with Crippen LogP contribution >= 0.6 is 0 Å². The van der Waals surface area contributed by atoms with E-state index in [2.05, 4.69) is 0 Å². The third-order valence-corrected chi connectivity index (χ3v) is 5.04. The Balaban J connectivity index is 0.000000203. The fraction of sp³-hybridized carbons (Fsp3) is 0.190. The molecule has 0 saturated heterocycles. The van der Waals surface area contributed by atoms with Crippen molar-refractivity contribution >= 4 is 10.1 Å². The molecule has 0 spiro atoms. The predicted octanol–water partition coefficient (Wildman–Crippen LogP) is 2.78. The third kappa shape index (κ3) is 6.37. The van der Waals surface area contributed by atoms with Crippen molar-refractivity contribution in [3.05, 3.63) is 89.2 Å². The first kappa shape index (κ1) is 21.4. The molecule has 0 radical (unpaired) electrons. The maximum atomic E-state index is 10.8. The number of pyridine rings is 1. The molecule has 0 aliphatic carbocycles. The van der Waals surface area contributed by atoms with Crippen LogP contribution in [-0.2, 0) is 16.7 Å². The molecule has 0 bridgehead atoms. The van der Waals surface area contributed by atoms with Crippen molar-refractivity contribution < 1.29 is 22.4 Å². The summed E-state index contributed by atoms with van der Waals surface area (Å²) in [7, 11) is -4.33. The fourth-order valence-corrected chi connectivity index (χ4v) is 3.76. The van der Waals surface area contributed by atoms with Crippen LogP contribution in [0.1, 0.15) is 22.3 Å². The number of nitrogens with zero attached hydrogens (tertiary/aromatic N) is 1. The molecule has 3 rings (SSSR count). The summed E-state index contributed by atoms with van der Waals surface area (Å²) in [4.78, 5) is -0.0851. The lowest BCUT2D eigenvalue weighted by atomic mass is 10.1. The summed E-state index contributed by atoms with van der Waals surface area (Å²) in [5.41, 5.74) is 3.15. The van der Waals surface area contributed by atoms with Gasteiger partial charge in [-0.3, -0.25) is 0 Å². The number of ether oxygens (including phenoxy) is 1. The van der Waals surface area contributed by atoms with Crippen LogP contribution in [0.2, 0.25) is 0 Å². The van der Waals surface area contributed by atoms with Crippen LogP contribution in [0.5, 0.6) is 5.75 Å². The largest absolute Gasteiger partial charge is 0.744 e. The first-order chi connectivity index (χ1) is 13.2. The van der Waals surface area contributed by atoms with Crippen LogP contribution in [0.15, 0.2) is 71.9 Å². The van der Waals surface area contributed by atoms with Crippen LogP contribution < -0.4 is 15.3 Å². The Labute approximate surface area is 165 Å². The maximum absolute atomic E-state index is 10.8. The summed E-state index contributed by atoms with van der Waals surface area (Å²) in [6.07, 6.45) is 3.50. The van der Waals surface area contributed by atoms with Gasteiger partial charge in [0.05, 0.1) is 4.90 Å². The second-order valence-electron chi connectivity index (χ2n) is 6.44. The number of nitrogens with two attached hydrogens (primary N) is 1. The minimum atomic E-state index is -4.33. The SMILES string of the molecule is Cc1cc(C)c(S(=O)(=O)[O-])c(C)c1.N[n+]1cccc(OCc2ccccc2)c1. The molecule has 2 aromatic carbocycles. The highest BCUT2D eigenvalue weighted by atomic mass is 32.2. The molecule has 0 aliphatic rings. The molecule has 1 aromatic heterocycles. The molecular formula is C21H24N2O4S. The monoisotopic (exact) mass is 400 g/mol. The van der Waals surface area contributed by atoms with Crippen LogP contribution in [-0.4, -0.2) is 13.0 Å². The molecule has 0 aliphatic heterocycles. The van der Waals surface area contributed by atoms with E-state index in [4.69, 9.17) is 10.6 Å². The minimum absolute atomic E-state index is 0.0851. The number of rotatable bonds is 4. The number of hydrogen-bond acceptors (Lipinski definition) is 5. The smallest absolute Gasteiger partial charge is 0.240 e. The van der Waals surface area contributed by atoms with Crippen molar-refractivity contribution in [3.63, 3.8) is 0 Å². The quantitative estimate of drug-likeness (QED) is 0.413. The molecule has 148 valence electrons. The van der Waals surface area contributed by atoms with E-state index in [9.17, 15) is 13.0 Å². The van der Waals surface area contributed by atoms with Crippen LogP contribution in [0, 0.1) is 20.8 Å². The number of nitrogen functional groups attached to an aromatic ring is 1. The standard InChI is InChI=1S/C12H13N2O.C9H12O3S/c13-14-8-4-7-12(9-14)15-10-11-5-2-1-3-6-11;1-6-4-7(2)9(8(3)5-6)13(10,11)12/h1-9H,10,13H2;4-5H,1-3H3,(H,10,11,12)/q+1;/p-1. The lowest BCUT2D eigenvalue weighted by Gasteiger charge is -2.14. The lowest BCUT2D eigenvalue weighted by Crippen LogP contribution is -2.43. The Hall–Kier alpha value is -2.90. The highest BCUT2D eigenvalue weighted by Crippen LogP contribution is 2.20. The summed E-state index contributed by atoms with van der Waals surface area (Å²) in [5, 5.41) is 0. The summed E-state index contributed by atoms with van der Waals surface area (Å²) >= 11 is 0. The molecule has 28 heavy (non-hydrogen) atoms. The van der Waals surface area contributed by atoms with Gasteiger partial charge in [-0.1, -0.05) is 52.7 Å². The Bertz CT molecular complexity index is 1010. The predicted molar refractivity (Wildman–Crippen MR) is 106 cm³/mol. The first-order valence-corrected chi connectivity index (χ1v) is 10.0. The Morgan fingerprint density at radius 3 is 2.14 bits per heavy atom. The highest BCUT2D eigenvalue weighted by Gasteiger charge is 2.09. The normalized spacial score (nSPS) is 10.7. The minimum Gasteiger partial charge on any atom is -0.744 e. The second-order valence-corrected chi connectivity index (χ2v) is 7.76. The second kappa shape index (κ2) is 9.34. The molecule has 7 heteroatoms. The van der Waals surface area contributed by atoms with Crippen molar-refractivity contribution in [2.75, 3.05) is 5.84 Å². The molecule has 0 fully saturated rings. The lowest BCUT2D eigenvalue weighted by molar-refractivity contribution is -0.639. The van der Waals surface area contributed by atoms with Crippen LogP contribution in [0.4, 0.5) is 0 Å². The maximum Gasteiger partial charge on any atom is 0.240 e. The van der Waals surface area contributed by atoms with E-state index in [1.807, 2.05) is 49.4 Å². The van der Waals surface area contributed by atoms with E-state index >= 15 is 0 Å². The Morgan fingerprint density at radius 2 is 1.61 bits per heavy atom. The zero-order valence-corrected chi connectivity index (χ0v) is 16.9. The van der Waals surface area contributed by atoms with Crippen LogP contribution in [0.25, 0.3) is 0 Å².